The van der Waals surface area contributed by atoms with Gasteiger partial charge in [0.25, 0.3) is 0 Å². The molecule has 0 aliphatic carbocycles. The van der Waals surface area contributed by atoms with Crippen LogP contribution in [-0.4, -0.2) is 24.6 Å². The average molecular weight is 236 g/mol. The molecule has 94 valence electrons. The Hall–Kier alpha value is -1.35. The van der Waals surface area contributed by atoms with E-state index >= 15 is 0 Å². The first-order chi connectivity index (χ1) is 7.99. The van der Waals surface area contributed by atoms with Gasteiger partial charge in [-0.3, -0.25) is 4.79 Å². The zero-order valence-corrected chi connectivity index (χ0v) is 10.9. The van der Waals surface area contributed by atoms with E-state index in [1.165, 1.54) is 0 Å². The lowest BCUT2D eigenvalue weighted by Crippen LogP contribution is -2.13. The van der Waals surface area contributed by atoms with Gasteiger partial charge < -0.3 is 9.47 Å². The predicted octanol–water partition coefficient (Wildman–Crippen LogP) is 3.08. The predicted molar refractivity (Wildman–Crippen MR) is 67.6 cm³/mol. The third-order valence-electron chi connectivity index (χ3n) is 2.10. The van der Waals surface area contributed by atoms with Crippen molar-refractivity contribution in [3.8, 4) is 5.75 Å². The van der Waals surface area contributed by atoms with E-state index in [-0.39, 0.29) is 24.6 Å². The van der Waals surface area contributed by atoms with E-state index in [1.54, 1.807) is 12.1 Å². The molecule has 0 aromatic heterocycles. The van der Waals surface area contributed by atoms with Crippen molar-refractivity contribution < 1.29 is 14.3 Å². The molecule has 0 atom stereocenters. The lowest BCUT2D eigenvalue weighted by molar-refractivity contribution is 0.0585. The number of ketones is 1. The summed E-state index contributed by atoms with van der Waals surface area (Å²) >= 11 is 0. The number of ether oxygens (including phenoxy) is 2. The van der Waals surface area contributed by atoms with Crippen molar-refractivity contribution in [2.24, 2.45) is 0 Å². The Balaban J connectivity index is 2.57. The van der Waals surface area contributed by atoms with Crippen molar-refractivity contribution in [2.75, 3.05) is 6.61 Å². The fourth-order valence-corrected chi connectivity index (χ4v) is 1.32. The summed E-state index contributed by atoms with van der Waals surface area (Å²) in [4.78, 5) is 11.7. The van der Waals surface area contributed by atoms with Gasteiger partial charge in [0.2, 0.25) is 0 Å². The van der Waals surface area contributed by atoms with Crippen LogP contribution in [0.4, 0.5) is 0 Å². The Morgan fingerprint density at radius 2 is 1.65 bits per heavy atom. The van der Waals surface area contributed by atoms with E-state index < -0.39 is 0 Å². The fraction of sp³-hybridized carbons (Fsp3) is 0.500. The van der Waals surface area contributed by atoms with E-state index in [1.807, 2.05) is 39.8 Å². The summed E-state index contributed by atoms with van der Waals surface area (Å²) in [5.41, 5.74) is 0.654. The lowest BCUT2D eigenvalue weighted by Gasteiger charge is -2.10. The molecule has 0 radical (unpaired) electrons. The summed E-state index contributed by atoms with van der Waals surface area (Å²) in [6.07, 6.45) is 0.211. The molecule has 1 aromatic rings. The first-order valence-electron chi connectivity index (χ1n) is 5.90. The molecule has 0 aliphatic rings. The minimum atomic E-state index is -0.00482. The van der Waals surface area contributed by atoms with E-state index in [0.717, 1.165) is 5.75 Å². The molecule has 0 unspecified atom stereocenters. The van der Waals surface area contributed by atoms with Gasteiger partial charge in [0, 0.05) is 5.56 Å². The molecular formula is C14H20O3. The molecule has 3 nitrogen and oxygen atoms in total. The number of hydrogen-bond acceptors (Lipinski definition) is 3. The largest absolute Gasteiger partial charge is 0.491 e. The lowest BCUT2D eigenvalue weighted by atomic mass is 10.1. The summed E-state index contributed by atoms with van der Waals surface area (Å²) in [5.74, 6) is 0.774. The summed E-state index contributed by atoms with van der Waals surface area (Å²) in [6.45, 7) is 7.88. The molecule has 1 rings (SSSR count). The monoisotopic (exact) mass is 236 g/mol. The third-order valence-corrected chi connectivity index (χ3v) is 2.10. The molecular weight excluding hydrogens is 216 g/mol. The van der Waals surface area contributed by atoms with Gasteiger partial charge in [0.1, 0.15) is 12.4 Å². The van der Waals surface area contributed by atoms with Crippen LogP contribution in [0.25, 0.3) is 0 Å². The first kappa shape index (κ1) is 13.7. The van der Waals surface area contributed by atoms with Crippen molar-refractivity contribution in [3.05, 3.63) is 29.8 Å². The Morgan fingerprint density at radius 1 is 1.06 bits per heavy atom. The summed E-state index contributed by atoms with van der Waals surface area (Å²) in [5, 5.41) is 0. The second-order valence-corrected chi connectivity index (χ2v) is 4.47. The highest BCUT2D eigenvalue weighted by molar-refractivity contribution is 5.97. The Kier molecular flexibility index (Phi) is 5.16. The molecule has 0 saturated carbocycles. The number of carbonyl (C=O) groups excluding carboxylic acids is 1. The van der Waals surface area contributed by atoms with Crippen LogP contribution >= 0.6 is 0 Å². The van der Waals surface area contributed by atoms with E-state index in [2.05, 4.69) is 0 Å². The fourth-order valence-electron chi connectivity index (χ4n) is 1.32. The second-order valence-electron chi connectivity index (χ2n) is 4.47. The van der Waals surface area contributed by atoms with Gasteiger partial charge in [-0.25, -0.2) is 0 Å². The first-order valence-corrected chi connectivity index (χ1v) is 5.90. The van der Waals surface area contributed by atoms with Gasteiger partial charge in [-0.05, 0) is 52.0 Å². The van der Waals surface area contributed by atoms with Crippen molar-refractivity contribution >= 4 is 5.78 Å². The Bertz CT molecular complexity index is 352. The minimum Gasteiger partial charge on any atom is -0.491 e. The highest BCUT2D eigenvalue weighted by atomic mass is 16.5. The van der Waals surface area contributed by atoms with Crippen LogP contribution in [0, 0.1) is 0 Å². The molecule has 0 spiro atoms. The number of benzene rings is 1. The summed E-state index contributed by atoms with van der Waals surface area (Å²) in [7, 11) is 0. The van der Waals surface area contributed by atoms with Gasteiger partial charge in [0.15, 0.2) is 5.78 Å². The number of carbonyl (C=O) groups is 1. The van der Waals surface area contributed by atoms with E-state index in [4.69, 9.17) is 9.47 Å². The Labute approximate surface area is 103 Å². The van der Waals surface area contributed by atoms with Crippen LogP contribution in [0.3, 0.4) is 0 Å². The second kappa shape index (κ2) is 6.40. The van der Waals surface area contributed by atoms with Gasteiger partial charge >= 0.3 is 0 Å². The zero-order chi connectivity index (χ0) is 12.8. The highest BCUT2D eigenvalue weighted by Gasteiger charge is 2.07. The maximum atomic E-state index is 11.7. The van der Waals surface area contributed by atoms with Crippen molar-refractivity contribution in [1.29, 1.82) is 0 Å². The van der Waals surface area contributed by atoms with Gasteiger partial charge in [-0.1, -0.05) is 0 Å². The molecule has 0 bridgehead atoms. The topological polar surface area (TPSA) is 35.5 Å². The minimum absolute atomic E-state index is 0.00482. The van der Waals surface area contributed by atoms with Crippen molar-refractivity contribution in [1.82, 2.24) is 0 Å². The normalized spacial score (nSPS) is 10.9. The molecule has 0 saturated heterocycles. The molecule has 1 aromatic carbocycles. The highest BCUT2D eigenvalue weighted by Crippen LogP contribution is 2.14. The van der Waals surface area contributed by atoms with Crippen LogP contribution < -0.4 is 4.74 Å². The molecule has 0 heterocycles. The van der Waals surface area contributed by atoms with Gasteiger partial charge in [0.05, 0.1) is 12.2 Å². The maximum absolute atomic E-state index is 11.7. The van der Waals surface area contributed by atoms with Crippen LogP contribution in [-0.2, 0) is 4.74 Å². The van der Waals surface area contributed by atoms with Gasteiger partial charge in [-0.2, -0.15) is 0 Å². The zero-order valence-electron chi connectivity index (χ0n) is 10.9. The molecule has 0 fully saturated rings. The number of rotatable bonds is 6. The van der Waals surface area contributed by atoms with Crippen LogP contribution in [0.15, 0.2) is 24.3 Å². The number of Topliss-reactive ketones (excluding diaryl/α,β-unsaturated/α-hetero) is 1. The van der Waals surface area contributed by atoms with Crippen molar-refractivity contribution in [3.63, 3.8) is 0 Å². The molecule has 17 heavy (non-hydrogen) atoms. The Morgan fingerprint density at radius 3 is 2.12 bits per heavy atom. The van der Waals surface area contributed by atoms with E-state index in [9.17, 15) is 4.79 Å². The third kappa shape index (κ3) is 5.00. The summed E-state index contributed by atoms with van der Waals surface area (Å²) in [6, 6.07) is 7.15. The molecule has 0 amide bonds. The quantitative estimate of drug-likeness (QED) is 0.712. The smallest absolute Gasteiger partial charge is 0.188 e. The van der Waals surface area contributed by atoms with Gasteiger partial charge in [-0.15, -0.1) is 0 Å². The molecule has 3 heteroatoms. The summed E-state index contributed by atoms with van der Waals surface area (Å²) < 4.78 is 10.8. The standard InChI is InChI=1S/C14H20O3/c1-10(2)16-9-14(15)12-5-7-13(8-6-12)17-11(3)4/h5-8,10-11H,9H2,1-4H3. The van der Waals surface area contributed by atoms with Crippen LogP contribution in [0.2, 0.25) is 0 Å². The molecule has 0 N–H and O–H groups in total. The molecule has 0 aliphatic heterocycles. The van der Waals surface area contributed by atoms with E-state index in [0.29, 0.717) is 5.56 Å². The van der Waals surface area contributed by atoms with Crippen molar-refractivity contribution in [2.45, 2.75) is 39.9 Å². The number of hydrogen-bond donors (Lipinski definition) is 0. The SMILES string of the molecule is CC(C)OCC(=O)c1ccc(OC(C)C)cc1. The van der Waals surface area contributed by atoms with Crippen LogP contribution in [0.1, 0.15) is 38.1 Å². The van der Waals surface area contributed by atoms with Crippen LogP contribution in [0.5, 0.6) is 5.75 Å². The maximum Gasteiger partial charge on any atom is 0.188 e. The average Bonchev–Trinajstić information content (AvgIpc) is 2.26.